The van der Waals surface area contributed by atoms with Gasteiger partial charge < -0.3 is 15.5 Å². The summed E-state index contributed by atoms with van der Waals surface area (Å²) in [7, 11) is 0. The van der Waals surface area contributed by atoms with Crippen LogP contribution in [0.4, 0.5) is 0 Å². The minimum absolute atomic E-state index is 0.00443. The molecule has 0 radical (unpaired) electrons. The van der Waals surface area contributed by atoms with E-state index >= 15 is 0 Å². The Balaban J connectivity index is 1.46. The predicted molar refractivity (Wildman–Crippen MR) is 85.3 cm³/mol. The van der Waals surface area contributed by atoms with Gasteiger partial charge in [-0.2, -0.15) is 0 Å². The van der Waals surface area contributed by atoms with Crippen molar-refractivity contribution in [3.63, 3.8) is 0 Å². The van der Waals surface area contributed by atoms with E-state index in [9.17, 15) is 9.59 Å². The van der Waals surface area contributed by atoms with Crippen molar-refractivity contribution in [1.29, 1.82) is 0 Å². The molecule has 0 bridgehead atoms. The molecule has 3 rings (SSSR count). The summed E-state index contributed by atoms with van der Waals surface area (Å²) >= 11 is 0. The van der Waals surface area contributed by atoms with Crippen LogP contribution < -0.4 is 10.6 Å². The van der Waals surface area contributed by atoms with E-state index in [1.165, 1.54) is 6.42 Å². The molecule has 3 fully saturated rings. The van der Waals surface area contributed by atoms with E-state index in [2.05, 4.69) is 17.6 Å². The standard InChI is InChI=1S/C17H29N3O2/c1-17(7-4-8-17)16(22)20-10-3-5-13(12-20)11-19-15(21)14-6-2-9-18-14/h13-14,18H,2-12H2,1H3,(H,19,21). The zero-order chi connectivity index (χ0) is 15.6. The normalized spacial score (nSPS) is 30.7. The molecule has 2 unspecified atom stereocenters. The first kappa shape index (κ1) is 15.8. The van der Waals surface area contributed by atoms with Crippen LogP contribution in [-0.2, 0) is 9.59 Å². The van der Waals surface area contributed by atoms with Gasteiger partial charge in [-0.3, -0.25) is 9.59 Å². The van der Waals surface area contributed by atoms with E-state index in [1.807, 2.05) is 4.90 Å². The highest BCUT2D eigenvalue weighted by atomic mass is 16.2. The molecule has 5 heteroatoms. The van der Waals surface area contributed by atoms with Crippen molar-refractivity contribution >= 4 is 11.8 Å². The Kier molecular flexibility index (Phi) is 4.71. The molecule has 1 aliphatic carbocycles. The van der Waals surface area contributed by atoms with Crippen LogP contribution in [0.1, 0.15) is 51.9 Å². The molecular weight excluding hydrogens is 278 g/mol. The Morgan fingerprint density at radius 3 is 2.68 bits per heavy atom. The highest BCUT2D eigenvalue weighted by Crippen LogP contribution is 2.42. The van der Waals surface area contributed by atoms with Crippen LogP contribution in [0.2, 0.25) is 0 Å². The van der Waals surface area contributed by atoms with Crippen molar-refractivity contribution in [3.8, 4) is 0 Å². The minimum Gasteiger partial charge on any atom is -0.354 e. The number of piperidine rings is 1. The average molecular weight is 307 g/mol. The SMILES string of the molecule is CC1(C(=O)N2CCCC(CNC(=O)C3CCCN3)C2)CCC1. The largest absolute Gasteiger partial charge is 0.354 e. The first-order valence-electron chi connectivity index (χ1n) is 8.89. The van der Waals surface area contributed by atoms with Crippen molar-refractivity contribution < 1.29 is 9.59 Å². The quantitative estimate of drug-likeness (QED) is 0.822. The van der Waals surface area contributed by atoms with Gasteiger partial charge in [-0.1, -0.05) is 13.3 Å². The average Bonchev–Trinajstić information content (AvgIpc) is 3.04. The zero-order valence-electron chi connectivity index (χ0n) is 13.7. The minimum atomic E-state index is -0.0983. The summed E-state index contributed by atoms with van der Waals surface area (Å²) in [5, 5.41) is 6.31. The number of hydrogen-bond acceptors (Lipinski definition) is 3. The van der Waals surface area contributed by atoms with Crippen LogP contribution in [-0.4, -0.2) is 48.9 Å². The molecule has 2 atom stereocenters. The van der Waals surface area contributed by atoms with E-state index < -0.39 is 0 Å². The number of carbonyl (C=O) groups excluding carboxylic acids is 2. The number of hydrogen-bond donors (Lipinski definition) is 2. The molecule has 2 aliphatic heterocycles. The van der Waals surface area contributed by atoms with Crippen LogP contribution in [0, 0.1) is 11.3 Å². The van der Waals surface area contributed by atoms with Gasteiger partial charge in [-0.05, 0) is 51.0 Å². The van der Waals surface area contributed by atoms with Gasteiger partial charge in [0.1, 0.15) is 0 Å². The Morgan fingerprint density at radius 1 is 1.23 bits per heavy atom. The second kappa shape index (κ2) is 6.57. The van der Waals surface area contributed by atoms with Gasteiger partial charge in [0, 0.05) is 25.0 Å². The Bertz CT molecular complexity index is 428. The van der Waals surface area contributed by atoms with Crippen molar-refractivity contribution in [2.45, 2.75) is 57.9 Å². The van der Waals surface area contributed by atoms with Gasteiger partial charge >= 0.3 is 0 Å². The van der Waals surface area contributed by atoms with Crippen LogP contribution >= 0.6 is 0 Å². The van der Waals surface area contributed by atoms with E-state index in [0.717, 1.165) is 58.2 Å². The van der Waals surface area contributed by atoms with Crippen molar-refractivity contribution in [2.24, 2.45) is 11.3 Å². The number of nitrogens with zero attached hydrogens (tertiary/aromatic N) is 1. The van der Waals surface area contributed by atoms with Gasteiger partial charge in [0.2, 0.25) is 11.8 Å². The molecular formula is C17H29N3O2. The third kappa shape index (κ3) is 3.29. The maximum Gasteiger partial charge on any atom is 0.237 e. The first-order valence-corrected chi connectivity index (χ1v) is 8.89. The number of rotatable bonds is 4. The topological polar surface area (TPSA) is 61.4 Å². The lowest BCUT2D eigenvalue weighted by Gasteiger charge is -2.43. The second-order valence-corrected chi connectivity index (χ2v) is 7.57. The third-order valence-electron chi connectivity index (χ3n) is 5.72. The summed E-state index contributed by atoms with van der Waals surface area (Å²) in [4.78, 5) is 26.7. The molecule has 0 aromatic rings. The summed E-state index contributed by atoms with van der Waals surface area (Å²) in [6.45, 7) is 5.46. The Morgan fingerprint density at radius 2 is 2.05 bits per heavy atom. The molecule has 22 heavy (non-hydrogen) atoms. The molecule has 3 aliphatic rings. The Labute approximate surface area is 133 Å². The van der Waals surface area contributed by atoms with Crippen LogP contribution in [0.3, 0.4) is 0 Å². The van der Waals surface area contributed by atoms with Gasteiger partial charge in [-0.25, -0.2) is 0 Å². The molecule has 1 saturated carbocycles. The van der Waals surface area contributed by atoms with Crippen molar-refractivity contribution in [3.05, 3.63) is 0 Å². The van der Waals surface area contributed by atoms with Crippen LogP contribution in [0.25, 0.3) is 0 Å². The van der Waals surface area contributed by atoms with Crippen LogP contribution in [0.5, 0.6) is 0 Å². The fourth-order valence-electron chi connectivity index (χ4n) is 4.00. The van der Waals surface area contributed by atoms with E-state index in [0.29, 0.717) is 18.4 Å². The van der Waals surface area contributed by atoms with E-state index in [-0.39, 0.29) is 17.4 Å². The van der Waals surface area contributed by atoms with Gasteiger partial charge in [-0.15, -0.1) is 0 Å². The van der Waals surface area contributed by atoms with Gasteiger partial charge in [0.15, 0.2) is 0 Å². The molecule has 2 saturated heterocycles. The fraction of sp³-hybridized carbons (Fsp3) is 0.882. The molecule has 124 valence electrons. The number of likely N-dealkylation sites (tertiary alicyclic amines) is 1. The monoisotopic (exact) mass is 307 g/mol. The molecule has 0 aromatic carbocycles. The van der Waals surface area contributed by atoms with E-state index in [4.69, 9.17) is 0 Å². The molecule has 0 aromatic heterocycles. The number of carbonyl (C=O) groups is 2. The number of nitrogens with one attached hydrogen (secondary N) is 2. The molecule has 0 spiro atoms. The molecule has 2 N–H and O–H groups in total. The summed E-state index contributed by atoms with van der Waals surface area (Å²) in [5.41, 5.74) is -0.0983. The smallest absolute Gasteiger partial charge is 0.237 e. The van der Waals surface area contributed by atoms with Crippen molar-refractivity contribution in [2.75, 3.05) is 26.2 Å². The summed E-state index contributed by atoms with van der Waals surface area (Å²) in [6, 6.07) is -0.00443. The van der Waals surface area contributed by atoms with Crippen molar-refractivity contribution in [1.82, 2.24) is 15.5 Å². The molecule has 2 heterocycles. The number of amides is 2. The highest BCUT2D eigenvalue weighted by molar-refractivity contribution is 5.83. The molecule has 5 nitrogen and oxygen atoms in total. The summed E-state index contributed by atoms with van der Waals surface area (Å²) < 4.78 is 0. The lowest BCUT2D eigenvalue weighted by atomic mass is 9.69. The van der Waals surface area contributed by atoms with Crippen LogP contribution in [0.15, 0.2) is 0 Å². The fourth-order valence-corrected chi connectivity index (χ4v) is 4.00. The first-order chi connectivity index (χ1) is 10.6. The zero-order valence-corrected chi connectivity index (χ0v) is 13.7. The maximum atomic E-state index is 12.6. The van der Waals surface area contributed by atoms with E-state index in [1.54, 1.807) is 0 Å². The predicted octanol–water partition coefficient (Wildman–Crippen LogP) is 1.28. The lowest BCUT2D eigenvalue weighted by Crippen LogP contribution is -2.51. The Hall–Kier alpha value is -1.10. The highest BCUT2D eigenvalue weighted by Gasteiger charge is 2.42. The maximum absolute atomic E-state index is 12.6. The second-order valence-electron chi connectivity index (χ2n) is 7.57. The van der Waals surface area contributed by atoms with Gasteiger partial charge in [0.05, 0.1) is 6.04 Å². The molecule has 2 amide bonds. The lowest BCUT2D eigenvalue weighted by molar-refractivity contribution is -0.147. The summed E-state index contributed by atoms with van der Waals surface area (Å²) in [6.07, 6.45) is 7.46. The third-order valence-corrected chi connectivity index (χ3v) is 5.72. The summed E-state index contributed by atoms with van der Waals surface area (Å²) in [5.74, 6) is 0.880. The van der Waals surface area contributed by atoms with Gasteiger partial charge in [0.25, 0.3) is 0 Å².